The van der Waals surface area contributed by atoms with Gasteiger partial charge < -0.3 is 5.11 Å². The highest BCUT2D eigenvalue weighted by Crippen LogP contribution is 2.37. The van der Waals surface area contributed by atoms with Crippen molar-refractivity contribution in [3.63, 3.8) is 0 Å². The van der Waals surface area contributed by atoms with E-state index in [1.165, 1.54) is 29.7 Å². The van der Waals surface area contributed by atoms with Crippen molar-refractivity contribution < 1.29 is 5.11 Å². The van der Waals surface area contributed by atoms with Gasteiger partial charge in [0, 0.05) is 25.4 Å². The van der Waals surface area contributed by atoms with E-state index >= 15 is 0 Å². The first-order valence-electron chi connectivity index (χ1n) is 6.89. The fraction of sp³-hybridized carbons (Fsp3) is 0.375. The molecule has 1 unspecified atom stereocenters. The summed E-state index contributed by atoms with van der Waals surface area (Å²) in [4.78, 5) is 2.40. The Morgan fingerprint density at radius 2 is 1.85 bits per heavy atom. The van der Waals surface area contributed by atoms with E-state index in [-0.39, 0.29) is 0 Å². The summed E-state index contributed by atoms with van der Waals surface area (Å²) < 4.78 is 0. The Kier molecular flexibility index (Phi) is 4.37. The Labute approximate surface area is 133 Å². The molecule has 106 valence electrons. The lowest BCUT2D eigenvalue weighted by molar-refractivity contribution is 0.224. The molecule has 4 heteroatoms. The van der Waals surface area contributed by atoms with Gasteiger partial charge in [0.15, 0.2) is 0 Å². The van der Waals surface area contributed by atoms with Gasteiger partial charge >= 0.3 is 0 Å². The van der Waals surface area contributed by atoms with Crippen molar-refractivity contribution in [3.8, 4) is 0 Å². The van der Waals surface area contributed by atoms with Gasteiger partial charge in [-0.3, -0.25) is 0 Å². The molecule has 1 aromatic heterocycles. The summed E-state index contributed by atoms with van der Waals surface area (Å²) in [6.07, 6.45) is 5.38. The topological polar surface area (TPSA) is 20.2 Å². The van der Waals surface area contributed by atoms with E-state index in [1.54, 1.807) is 29.5 Å². The number of aliphatic hydroxyl groups excluding tert-OH is 1. The highest BCUT2D eigenvalue weighted by Gasteiger charge is 2.20. The third kappa shape index (κ3) is 2.89. The second-order valence-corrected chi connectivity index (χ2v) is 7.24. The van der Waals surface area contributed by atoms with E-state index < -0.39 is 6.10 Å². The zero-order valence-electron chi connectivity index (χ0n) is 11.0. The molecule has 0 radical (unpaired) electrons. The number of hydrogen-bond acceptors (Lipinski definition) is 2. The standard InChI is InChI=1S/C16H16Cl2OS/c17-11-6-7-13(18)12(9-11)16(19)15-8-10-4-2-1-3-5-14(10)20-15/h6-9,16,19H,1-5H2. The number of aliphatic hydroxyl groups is 1. The highest BCUT2D eigenvalue weighted by atomic mass is 35.5. The van der Waals surface area contributed by atoms with Gasteiger partial charge in [-0.25, -0.2) is 0 Å². The van der Waals surface area contributed by atoms with Gasteiger partial charge in [-0.1, -0.05) is 29.6 Å². The fourth-order valence-electron chi connectivity index (χ4n) is 2.70. The number of hydrogen-bond donors (Lipinski definition) is 1. The normalized spacial score (nSPS) is 16.6. The van der Waals surface area contributed by atoms with Crippen molar-refractivity contribution in [3.05, 3.63) is 55.2 Å². The quantitative estimate of drug-likeness (QED) is 0.732. The van der Waals surface area contributed by atoms with Crippen molar-refractivity contribution in [1.82, 2.24) is 0 Å². The predicted molar refractivity (Wildman–Crippen MR) is 86.1 cm³/mol. The smallest absolute Gasteiger partial charge is 0.115 e. The second-order valence-electron chi connectivity index (χ2n) is 5.23. The molecular weight excluding hydrogens is 311 g/mol. The molecule has 1 nitrogen and oxygen atoms in total. The summed E-state index contributed by atoms with van der Waals surface area (Å²) >= 11 is 13.9. The number of halogens is 2. The molecule has 0 bridgehead atoms. The largest absolute Gasteiger partial charge is 0.383 e. The van der Waals surface area contributed by atoms with Crippen LogP contribution in [-0.2, 0) is 12.8 Å². The van der Waals surface area contributed by atoms with E-state index in [2.05, 4.69) is 6.07 Å². The third-order valence-corrected chi connectivity index (χ3v) is 5.66. The van der Waals surface area contributed by atoms with E-state index in [0.717, 1.165) is 17.7 Å². The third-order valence-electron chi connectivity index (χ3n) is 3.79. The summed E-state index contributed by atoms with van der Waals surface area (Å²) in [5, 5.41) is 11.7. The molecule has 0 aliphatic heterocycles. The van der Waals surface area contributed by atoms with Crippen LogP contribution in [0.15, 0.2) is 24.3 Å². The van der Waals surface area contributed by atoms with E-state index in [0.29, 0.717) is 15.6 Å². The van der Waals surface area contributed by atoms with Crippen LogP contribution in [0.4, 0.5) is 0 Å². The van der Waals surface area contributed by atoms with Gasteiger partial charge in [0.1, 0.15) is 6.10 Å². The fourth-order valence-corrected chi connectivity index (χ4v) is 4.37. The Morgan fingerprint density at radius 3 is 2.70 bits per heavy atom. The van der Waals surface area contributed by atoms with Crippen molar-refractivity contribution >= 4 is 34.5 Å². The van der Waals surface area contributed by atoms with Gasteiger partial charge in [-0.15, -0.1) is 11.3 Å². The molecule has 0 fully saturated rings. The Morgan fingerprint density at radius 1 is 1.05 bits per heavy atom. The molecule has 0 spiro atoms. The van der Waals surface area contributed by atoms with Crippen molar-refractivity contribution in [2.45, 2.75) is 38.2 Å². The molecule has 1 heterocycles. The Hall–Kier alpha value is -0.540. The van der Waals surface area contributed by atoms with E-state index in [4.69, 9.17) is 23.2 Å². The lowest BCUT2D eigenvalue weighted by Gasteiger charge is -2.11. The van der Waals surface area contributed by atoms with E-state index in [1.807, 2.05) is 0 Å². The molecule has 1 aliphatic carbocycles. The molecule has 3 rings (SSSR count). The SMILES string of the molecule is OC(c1cc2c(s1)CCCCC2)c1cc(Cl)ccc1Cl. The number of aryl methyl sites for hydroxylation is 2. The van der Waals surface area contributed by atoms with Gasteiger partial charge in [0.25, 0.3) is 0 Å². The van der Waals surface area contributed by atoms with Gasteiger partial charge in [0.05, 0.1) is 0 Å². The monoisotopic (exact) mass is 326 g/mol. The molecule has 2 aromatic rings. The second kappa shape index (κ2) is 6.07. The maximum Gasteiger partial charge on any atom is 0.115 e. The lowest BCUT2D eigenvalue weighted by atomic mass is 10.1. The minimum Gasteiger partial charge on any atom is -0.383 e. The molecular formula is C16H16Cl2OS. The lowest BCUT2D eigenvalue weighted by Crippen LogP contribution is -1.98. The summed E-state index contributed by atoms with van der Waals surface area (Å²) in [5.74, 6) is 0. The maximum atomic E-state index is 10.6. The van der Waals surface area contributed by atoms with Crippen molar-refractivity contribution in [2.75, 3.05) is 0 Å². The summed E-state index contributed by atoms with van der Waals surface area (Å²) in [6, 6.07) is 7.37. The molecule has 0 saturated carbocycles. The first-order valence-corrected chi connectivity index (χ1v) is 8.47. The first kappa shape index (κ1) is 14.4. The predicted octanol–water partition coefficient (Wildman–Crippen LogP) is 5.41. The number of rotatable bonds is 2. The highest BCUT2D eigenvalue weighted by molar-refractivity contribution is 7.12. The van der Waals surface area contributed by atoms with Crippen LogP contribution in [0, 0.1) is 0 Å². The molecule has 20 heavy (non-hydrogen) atoms. The Bertz CT molecular complexity index is 597. The van der Waals surface area contributed by atoms with Crippen LogP contribution in [0.1, 0.15) is 46.2 Å². The zero-order chi connectivity index (χ0) is 14.1. The van der Waals surface area contributed by atoms with Crippen molar-refractivity contribution in [1.29, 1.82) is 0 Å². The molecule has 1 N–H and O–H groups in total. The van der Waals surface area contributed by atoms with Crippen LogP contribution in [0.5, 0.6) is 0 Å². The Balaban J connectivity index is 1.94. The summed E-state index contributed by atoms with van der Waals surface area (Å²) in [6.45, 7) is 0. The summed E-state index contributed by atoms with van der Waals surface area (Å²) in [7, 11) is 0. The van der Waals surface area contributed by atoms with Crippen LogP contribution in [-0.4, -0.2) is 5.11 Å². The minimum atomic E-state index is -0.682. The van der Waals surface area contributed by atoms with Crippen LogP contribution < -0.4 is 0 Å². The molecule has 1 atom stereocenters. The molecule has 1 aliphatic rings. The maximum absolute atomic E-state index is 10.6. The van der Waals surface area contributed by atoms with Crippen LogP contribution >= 0.6 is 34.5 Å². The van der Waals surface area contributed by atoms with Gasteiger partial charge in [-0.2, -0.15) is 0 Å². The first-order chi connectivity index (χ1) is 9.65. The zero-order valence-corrected chi connectivity index (χ0v) is 13.4. The molecule has 1 aromatic carbocycles. The van der Waals surface area contributed by atoms with Crippen LogP contribution in [0.2, 0.25) is 10.0 Å². The van der Waals surface area contributed by atoms with Gasteiger partial charge in [0.2, 0.25) is 0 Å². The van der Waals surface area contributed by atoms with Crippen LogP contribution in [0.3, 0.4) is 0 Å². The number of benzene rings is 1. The van der Waals surface area contributed by atoms with Gasteiger partial charge in [-0.05, 0) is 55.5 Å². The molecule has 0 amide bonds. The number of thiophene rings is 1. The number of fused-ring (bicyclic) bond motifs is 1. The average Bonchev–Trinajstić information content (AvgIpc) is 2.72. The van der Waals surface area contributed by atoms with Crippen LogP contribution in [0.25, 0.3) is 0 Å². The summed E-state index contributed by atoms with van der Waals surface area (Å²) in [5.41, 5.74) is 2.09. The van der Waals surface area contributed by atoms with E-state index in [9.17, 15) is 5.11 Å². The van der Waals surface area contributed by atoms with Crippen molar-refractivity contribution in [2.24, 2.45) is 0 Å². The average molecular weight is 327 g/mol. The molecule has 0 saturated heterocycles. The minimum absolute atomic E-state index is 0.561.